The van der Waals surface area contributed by atoms with Gasteiger partial charge in [-0.15, -0.1) is 0 Å². The largest absolute Gasteiger partial charge is 0.395 e. The highest BCUT2D eigenvalue weighted by Crippen LogP contribution is 2.21. The van der Waals surface area contributed by atoms with Gasteiger partial charge in [-0.3, -0.25) is 0 Å². The van der Waals surface area contributed by atoms with Gasteiger partial charge < -0.3 is 16.0 Å². The molecule has 0 aliphatic carbocycles. The number of benzene rings is 2. The molecule has 0 fully saturated rings. The summed E-state index contributed by atoms with van der Waals surface area (Å²) in [7, 11) is 2.06. The highest BCUT2D eigenvalue weighted by atomic mass is 19.1. The minimum Gasteiger partial charge on any atom is -0.395 e. The third kappa shape index (κ3) is 3.63. The van der Waals surface area contributed by atoms with E-state index in [0.29, 0.717) is 5.69 Å². The minimum atomic E-state index is -0.378. The molecular weight excluding hydrogens is 253 g/mol. The second-order valence-electron chi connectivity index (χ2n) is 4.74. The van der Waals surface area contributed by atoms with E-state index in [2.05, 4.69) is 29.4 Å². The van der Waals surface area contributed by atoms with Crippen LogP contribution >= 0.6 is 0 Å². The first-order valence-electron chi connectivity index (χ1n) is 6.72. The van der Waals surface area contributed by atoms with Crippen molar-refractivity contribution in [1.82, 2.24) is 0 Å². The van der Waals surface area contributed by atoms with Crippen molar-refractivity contribution in [2.75, 3.05) is 36.1 Å². The summed E-state index contributed by atoms with van der Waals surface area (Å²) in [6, 6.07) is 15.0. The average molecular weight is 273 g/mol. The zero-order chi connectivity index (χ0) is 14.4. The van der Waals surface area contributed by atoms with E-state index in [9.17, 15) is 4.39 Å². The summed E-state index contributed by atoms with van der Waals surface area (Å²) in [5, 5.41) is 3.17. The van der Waals surface area contributed by atoms with E-state index in [4.69, 9.17) is 5.73 Å². The summed E-state index contributed by atoms with van der Waals surface area (Å²) in [6.07, 6.45) is 0.946. The number of rotatable bonds is 6. The molecule has 2 rings (SSSR count). The molecule has 0 bridgehead atoms. The lowest BCUT2D eigenvalue weighted by molar-refractivity contribution is 0.633. The standard InChI is InChI=1S/C16H20FN3/c1-20(13-7-3-2-4-8-13)12-6-11-19-15-10-5-9-14(17)16(15)18/h2-5,7-10,19H,6,11-12,18H2,1H3. The van der Waals surface area contributed by atoms with Crippen LogP contribution in [-0.2, 0) is 0 Å². The number of nitrogens with one attached hydrogen (secondary N) is 1. The Hall–Kier alpha value is -2.23. The number of nitrogen functional groups attached to an aromatic ring is 1. The first kappa shape index (κ1) is 14.2. The normalized spacial score (nSPS) is 10.3. The first-order chi connectivity index (χ1) is 9.68. The van der Waals surface area contributed by atoms with Crippen LogP contribution < -0.4 is 16.0 Å². The molecule has 20 heavy (non-hydrogen) atoms. The summed E-state index contributed by atoms with van der Waals surface area (Å²) >= 11 is 0. The van der Waals surface area contributed by atoms with Crippen molar-refractivity contribution in [3.05, 3.63) is 54.3 Å². The number of anilines is 3. The Kier molecular flexibility index (Phi) is 4.82. The van der Waals surface area contributed by atoms with Gasteiger partial charge in [0, 0.05) is 25.8 Å². The van der Waals surface area contributed by atoms with E-state index in [1.165, 1.54) is 11.8 Å². The fraction of sp³-hybridized carbons (Fsp3) is 0.250. The lowest BCUT2D eigenvalue weighted by atomic mass is 10.2. The summed E-state index contributed by atoms with van der Waals surface area (Å²) in [6.45, 7) is 1.68. The summed E-state index contributed by atoms with van der Waals surface area (Å²) in [4.78, 5) is 2.19. The Morgan fingerprint density at radius 2 is 1.85 bits per heavy atom. The van der Waals surface area contributed by atoms with E-state index in [-0.39, 0.29) is 11.5 Å². The SMILES string of the molecule is CN(CCCNc1cccc(F)c1N)c1ccccc1. The van der Waals surface area contributed by atoms with E-state index >= 15 is 0 Å². The van der Waals surface area contributed by atoms with Crippen LogP contribution in [0.3, 0.4) is 0 Å². The number of hydrogen-bond donors (Lipinski definition) is 2. The van der Waals surface area contributed by atoms with Crippen molar-refractivity contribution in [2.45, 2.75) is 6.42 Å². The van der Waals surface area contributed by atoms with Gasteiger partial charge in [-0.1, -0.05) is 24.3 Å². The summed E-state index contributed by atoms with van der Waals surface area (Å²) in [5.74, 6) is -0.378. The van der Waals surface area contributed by atoms with Crippen molar-refractivity contribution >= 4 is 17.1 Å². The van der Waals surface area contributed by atoms with Crippen molar-refractivity contribution in [1.29, 1.82) is 0 Å². The Bertz CT molecular complexity index is 543. The van der Waals surface area contributed by atoms with E-state index in [1.54, 1.807) is 12.1 Å². The van der Waals surface area contributed by atoms with Gasteiger partial charge >= 0.3 is 0 Å². The molecule has 0 atom stereocenters. The van der Waals surface area contributed by atoms with Gasteiger partial charge in [0.25, 0.3) is 0 Å². The molecule has 0 amide bonds. The molecule has 0 heterocycles. The molecule has 4 heteroatoms. The van der Waals surface area contributed by atoms with Crippen molar-refractivity contribution < 1.29 is 4.39 Å². The van der Waals surface area contributed by atoms with Crippen LogP contribution in [0.15, 0.2) is 48.5 Å². The smallest absolute Gasteiger partial charge is 0.148 e. The quantitative estimate of drug-likeness (QED) is 0.626. The fourth-order valence-electron chi connectivity index (χ4n) is 2.04. The molecule has 3 N–H and O–H groups in total. The van der Waals surface area contributed by atoms with Gasteiger partial charge in [-0.05, 0) is 30.7 Å². The van der Waals surface area contributed by atoms with Gasteiger partial charge in [0.1, 0.15) is 5.82 Å². The molecule has 2 aromatic carbocycles. The topological polar surface area (TPSA) is 41.3 Å². The highest BCUT2D eigenvalue weighted by Gasteiger charge is 2.04. The Balaban J connectivity index is 1.78. The summed E-state index contributed by atoms with van der Waals surface area (Å²) < 4.78 is 13.3. The Labute approximate surface area is 119 Å². The monoisotopic (exact) mass is 273 g/mol. The van der Waals surface area contributed by atoms with Crippen LogP contribution in [0.25, 0.3) is 0 Å². The predicted octanol–water partition coefficient (Wildman–Crippen LogP) is 3.35. The zero-order valence-electron chi connectivity index (χ0n) is 11.6. The number of para-hydroxylation sites is 2. The third-order valence-corrected chi connectivity index (χ3v) is 3.24. The molecular formula is C16H20FN3. The molecule has 0 aliphatic heterocycles. The van der Waals surface area contributed by atoms with Gasteiger partial charge in [0.15, 0.2) is 0 Å². The molecule has 106 valence electrons. The van der Waals surface area contributed by atoms with Crippen LogP contribution in [0.1, 0.15) is 6.42 Å². The van der Waals surface area contributed by atoms with Crippen LogP contribution in [0.2, 0.25) is 0 Å². The van der Waals surface area contributed by atoms with E-state index in [1.807, 2.05) is 18.2 Å². The molecule has 2 aromatic rings. The average Bonchev–Trinajstić information content (AvgIpc) is 2.48. The molecule has 0 aliphatic rings. The molecule has 0 saturated heterocycles. The molecule has 0 radical (unpaired) electrons. The maximum Gasteiger partial charge on any atom is 0.148 e. The number of nitrogens with zero attached hydrogens (tertiary/aromatic N) is 1. The van der Waals surface area contributed by atoms with Crippen LogP contribution in [0.5, 0.6) is 0 Å². The van der Waals surface area contributed by atoms with E-state index < -0.39 is 0 Å². The second-order valence-corrected chi connectivity index (χ2v) is 4.74. The zero-order valence-corrected chi connectivity index (χ0v) is 11.6. The maximum atomic E-state index is 13.3. The highest BCUT2D eigenvalue weighted by molar-refractivity contribution is 5.66. The van der Waals surface area contributed by atoms with Crippen molar-refractivity contribution in [3.63, 3.8) is 0 Å². The Morgan fingerprint density at radius 3 is 2.60 bits per heavy atom. The summed E-state index contributed by atoms with van der Waals surface area (Å²) in [5.41, 5.74) is 7.70. The molecule has 0 saturated carbocycles. The van der Waals surface area contributed by atoms with Crippen LogP contribution in [0, 0.1) is 5.82 Å². The number of hydrogen-bond acceptors (Lipinski definition) is 3. The predicted molar refractivity (Wildman–Crippen MR) is 83.6 cm³/mol. The number of halogens is 1. The number of nitrogens with two attached hydrogens (primary N) is 1. The van der Waals surface area contributed by atoms with Gasteiger partial charge in [-0.2, -0.15) is 0 Å². The van der Waals surface area contributed by atoms with Gasteiger partial charge in [0.05, 0.1) is 11.4 Å². The van der Waals surface area contributed by atoms with E-state index in [0.717, 1.165) is 19.5 Å². The third-order valence-electron chi connectivity index (χ3n) is 3.24. The molecule has 0 unspecified atom stereocenters. The second kappa shape index (κ2) is 6.80. The van der Waals surface area contributed by atoms with Crippen LogP contribution in [-0.4, -0.2) is 20.1 Å². The van der Waals surface area contributed by atoms with Gasteiger partial charge in [-0.25, -0.2) is 4.39 Å². The minimum absolute atomic E-state index is 0.184. The lowest BCUT2D eigenvalue weighted by Gasteiger charge is -2.19. The fourth-order valence-corrected chi connectivity index (χ4v) is 2.04. The van der Waals surface area contributed by atoms with Crippen molar-refractivity contribution in [3.8, 4) is 0 Å². The molecule has 0 spiro atoms. The van der Waals surface area contributed by atoms with Crippen LogP contribution in [0.4, 0.5) is 21.5 Å². The van der Waals surface area contributed by atoms with Gasteiger partial charge in [0.2, 0.25) is 0 Å². The first-order valence-corrected chi connectivity index (χ1v) is 6.72. The molecule has 3 nitrogen and oxygen atoms in total. The lowest BCUT2D eigenvalue weighted by Crippen LogP contribution is -2.20. The molecule has 0 aromatic heterocycles. The Morgan fingerprint density at radius 1 is 1.10 bits per heavy atom. The maximum absolute atomic E-state index is 13.3. The van der Waals surface area contributed by atoms with Crippen molar-refractivity contribution in [2.24, 2.45) is 0 Å².